The van der Waals surface area contributed by atoms with E-state index in [1.54, 1.807) is 0 Å². The van der Waals surface area contributed by atoms with Crippen LogP contribution < -0.4 is 9.47 Å². The molecule has 3 nitrogen and oxygen atoms in total. The van der Waals surface area contributed by atoms with E-state index < -0.39 is 5.41 Å². The van der Waals surface area contributed by atoms with E-state index in [0.29, 0.717) is 11.8 Å². The van der Waals surface area contributed by atoms with Crippen LogP contribution in [0.4, 0.5) is 0 Å². The van der Waals surface area contributed by atoms with Crippen molar-refractivity contribution in [2.24, 2.45) is 11.8 Å². The lowest BCUT2D eigenvalue weighted by atomic mass is 9.62. The third kappa shape index (κ3) is 4.82. The molecule has 0 amide bonds. The SMILES string of the molecule is CC1C=Cc2c(n(-c3ccc4c(c3)Oc3ccccc3C43c4ccccc4Oc4cc(C5=CCCC(c6ccccc6)=C5)ccc43)c3ccccc23)CC1C. The van der Waals surface area contributed by atoms with Crippen molar-refractivity contribution < 1.29 is 9.47 Å². The maximum atomic E-state index is 6.98. The fraction of sp³-hybridized carbons (Fsp3) is 0.154. The number of hydrogen-bond donors (Lipinski definition) is 0. The fourth-order valence-corrected chi connectivity index (χ4v) is 9.69. The van der Waals surface area contributed by atoms with Gasteiger partial charge < -0.3 is 14.0 Å². The second-order valence-corrected chi connectivity index (χ2v) is 15.7. The molecule has 2 aliphatic heterocycles. The van der Waals surface area contributed by atoms with Gasteiger partial charge in [0.25, 0.3) is 0 Å². The van der Waals surface area contributed by atoms with E-state index in [-0.39, 0.29) is 0 Å². The van der Waals surface area contributed by atoms with Gasteiger partial charge in [0.05, 0.1) is 10.9 Å². The second-order valence-electron chi connectivity index (χ2n) is 15.7. The lowest BCUT2D eigenvalue weighted by Crippen LogP contribution is -2.36. The third-order valence-corrected chi connectivity index (χ3v) is 12.6. The normalized spacial score (nSPS) is 20.5. The summed E-state index contributed by atoms with van der Waals surface area (Å²) in [5, 5.41) is 1.29. The summed E-state index contributed by atoms with van der Waals surface area (Å²) < 4.78 is 16.4. The number of hydrogen-bond acceptors (Lipinski definition) is 2. The minimum absolute atomic E-state index is 0.508. The molecule has 0 N–H and O–H groups in total. The Morgan fingerprint density at radius 2 is 1.27 bits per heavy atom. The number of ether oxygens (including phenoxy) is 2. The highest BCUT2D eigenvalue weighted by Gasteiger charge is 2.50. The number of allylic oxidation sites excluding steroid dienone is 5. The van der Waals surface area contributed by atoms with Crippen molar-refractivity contribution in [3.8, 4) is 28.7 Å². The topological polar surface area (TPSA) is 23.4 Å². The fourth-order valence-electron chi connectivity index (χ4n) is 9.69. The van der Waals surface area contributed by atoms with Crippen molar-refractivity contribution in [2.45, 2.75) is 38.5 Å². The van der Waals surface area contributed by atoms with Crippen molar-refractivity contribution in [2.75, 3.05) is 0 Å². The molecule has 3 atom stereocenters. The average Bonchev–Trinajstić information content (AvgIpc) is 3.46. The lowest BCUT2D eigenvalue weighted by molar-refractivity contribution is 0.399. The van der Waals surface area contributed by atoms with Crippen LogP contribution in [0, 0.1) is 11.8 Å². The molecule has 1 aromatic heterocycles. The Morgan fingerprint density at radius 3 is 2.05 bits per heavy atom. The number of aromatic nitrogens is 1. The zero-order valence-corrected chi connectivity index (χ0v) is 31.1. The van der Waals surface area contributed by atoms with E-state index >= 15 is 0 Å². The van der Waals surface area contributed by atoms with Crippen molar-refractivity contribution in [1.82, 2.24) is 4.57 Å². The lowest BCUT2D eigenvalue weighted by Gasteiger charge is -2.45. The van der Waals surface area contributed by atoms with Crippen LogP contribution in [-0.4, -0.2) is 4.57 Å². The van der Waals surface area contributed by atoms with Crippen LogP contribution in [-0.2, 0) is 11.8 Å². The van der Waals surface area contributed by atoms with E-state index in [1.807, 2.05) is 0 Å². The highest BCUT2D eigenvalue weighted by molar-refractivity contribution is 5.93. The van der Waals surface area contributed by atoms with Gasteiger partial charge in [-0.2, -0.15) is 0 Å². The molecule has 3 heteroatoms. The van der Waals surface area contributed by atoms with Crippen molar-refractivity contribution in [3.63, 3.8) is 0 Å². The molecule has 4 aliphatic rings. The van der Waals surface area contributed by atoms with Crippen molar-refractivity contribution in [3.05, 3.63) is 202 Å². The predicted molar refractivity (Wildman–Crippen MR) is 224 cm³/mol. The van der Waals surface area contributed by atoms with Gasteiger partial charge >= 0.3 is 0 Å². The zero-order valence-electron chi connectivity index (χ0n) is 31.1. The molecule has 0 saturated heterocycles. The minimum atomic E-state index is -0.653. The Bertz CT molecular complexity index is 2770. The molecule has 11 rings (SSSR count). The van der Waals surface area contributed by atoms with Crippen LogP contribution in [0.3, 0.4) is 0 Å². The molecular weight excluding hydrogens is 671 g/mol. The zero-order chi connectivity index (χ0) is 36.7. The largest absolute Gasteiger partial charge is 0.457 e. The molecule has 0 fully saturated rings. The van der Waals surface area contributed by atoms with Crippen LogP contribution in [0.2, 0.25) is 0 Å². The Balaban J connectivity index is 1.12. The monoisotopic (exact) mass is 711 g/mol. The molecule has 2 aliphatic carbocycles. The molecule has 266 valence electrons. The summed E-state index contributed by atoms with van der Waals surface area (Å²) >= 11 is 0. The smallest absolute Gasteiger partial charge is 0.134 e. The molecule has 3 heterocycles. The third-order valence-electron chi connectivity index (χ3n) is 12.6. The summed E-state index contributed by atoms with van der Waals surface area (Å²) in [7, 11) is 0. The summed E-state index contributed by atoms with van der Waals surface area (Å²) in [6.45, 7) is 4.71. The van der Waals surface area contributed by atoms with E-state index in [9.17, 15) is 0 Å². The maximum absolute atomic E-state index is 6.98. The van der Waals surface area contributed by atoms with Crippen LogP contribution in [0.25, 0.3) is 33.8 Å². The van der Waals surface area contributed by atoms with Gasteiger partial charge in [0.1, 0.15) is 23.0 Å². The van der Waals surface area contributed by atoms with Gasteiger partial charge in [-0.05, 0) is 83.7 Å². The van der Waals surface area contributed by atoms with Gasteiger partial charge in [0.2, 0.25) is 0 Å². The van der Waals surface area contributed by atoms with E-state index in [1.165, 1.54) is 38.9 Å². The first-order valence-electron chi connectivity index (χ1n) is 19.7. The van der Waals surface area contributed by atoms with Gasteiger partial charge in [-0.1, -0.05) is 141 Å². The van der Waals surface area contributed by atoms with Crippen LogP contribution in [0.1, 0.15) is 71.3 Å². The van der Waals surface area contributed by atoms with Crippen molar-refractivity contribution >= 4 is 28.1 Å². The highest BCUT2D eigenvalue weighted by Crippen LogP contribution is 2.62. The molecule has 0 bridgehead atoms. The minimum Gasteiger partial charge on any atom is -0.457 e. The Labute approximate surface area is 322 Å². The van der Waals surface area contributed by atoms with Crippen LogP contribution >= 0.6 is 0 Å². The van der Waals surface area contributed by atoms with Gasteiger partial charge in [-0.25, -0.2) is 0 Å². The maximum Gasteiger partial charge on any atom is 0.134 e. The summed E-state index contributed by atoms with van der Waals surface area (Å²) in [5.74, 6) is 4.51. The van der Waals surface area contributed by atoms with E-state index in [4.69, 9.17) is 9.47 Å². The number of nitrogens with zero attached hydrogens (tertiary/aromatic N) is 1. The molecule has 7 aromatic rings. The molecule has 0 radical (unpaired) electrons. The first kappa shape index (κ1) is 32.1. The molecule has 0 saturated carbocycles. The van der Waals surface area contributed by atoms with Gasteiger partial charge in [0, 0.05) is 50.7 Å². The summed E-state index contributed by atoms with van der Waals surface area (Å²) in [6.07, 6.45) is 12.5. The number of fused-ring (bicyclic) bond motifs is 11. The first-order valence-corrected chi connectivity index (χ1v) is 19.7. The molecular formula is C52H41NO2. The van der Waals surface area contributed by atoms with E-state index in [2.05, 4.69) is 182 Å². The highest BCUT2D eigenvalue weighted by atomic mass is 16.5. The van der Waals surface area contributed by atoms with Gasteiger partial charge in [0.15, 0.2) is 0 Å². The molecule has 1 spiro atoms. The molecule has 55 heavy (non-hydrogen) atoms. The molecule has 6 aromatic carbocycles. The average molecular weight is 712 g/mol. The number of rotatable bonds is 3. The van der Waals surface area contributed by atoms with Gasteiger partial charge in [-0.15, -0.1) is 0 Å². The van der Waals surface area contributed by atoms with Crippen LogP contribution in [0.5, 0.6) is 23.0 Å². The quantitative estimate of drug-likeness (QED) is 0.182. The van der Waals surface area contributed by atoms with Crippen molar-refractivity contribution in [1.29, 1.82) is 0 Å². The Morgan fingerprint density at radius 1 is 0.618 bits per heavy atom. The van der Waals surface area contributed by atoms with Crippen LogP contribution in [0.15, 0.2) is 158 Å². The number of benzene rings is 6. The summed E-state index contributed by atoms with van der Waals surface area (Å²) in [4.78, 5) is 0. The standard InChI is InChI=1S/C52H41NO2/c1-33-23-26-41-40-17-6-9-20-46(40)53(47(41)29-34(33)2)39-25-28-45-51(32-39)55-49-22-11-8-19-43(49)52(45)42-18-7-10-21-48(42)54-50-31-38(24-27-44(50)52)37-16-12-15-36(30-37)35-13-4-3-5-14-35/h3-11,13-14,16-28,30-34H,12,15,29H2,1-2H3. The second kappa shape index (κ2) is 12.4. The number of para-hydroxylation sites is 3. The summed E-state index contributed by atoms with van der Waals surface area (Å²) in [6, 6.07) is 50.5. The Hall–Kier alpha value is -6.32. The first-order chi connectivity index (χ1) is 27.1. The van der Waals surface area contributed by atoms with Gasteiger partial charge in [-0.3, -0.25) is 0 Å². The van der Waals surface area contributed by atoms with E-state index in [0.717, 1.165) is 75.8 Å². The summed E-state index contributed by atoms with van der Waals surface area (Å²) in [5.41, 5.74) is 13.9. The Kier molecular flexibility index (Phi) is 7.22. The molecule has 3 unspecified atom stereocenters. The predicted octanol–water partition coefficient (Wildman–Crippen LogP) is 13.3.